The largest absolute Gasteiger partial charge is 0.484 e. The van der Waals surface area contributed by atoms with Gasteiger partial charge in [0.25, 0.3) is 11.8 Å². The van der Waals surface area contributed by atoms with E-state index < -0.39 is 17.8 Å². The maximum atomic E-state index is 13.3. The van der Waals surface area contributed by atoms with Crippen molar-refractivity contribution in [3.8, 4) is 11.5 Å². The Kier molecular flexibility index (Phi) is 7.46. The van der Waals surface area contributed by atoms with Gasteiger partial charge in [0, 0.05) is 24.7 Å². The molecule has 0 saturated carbocycles. The maximum Gasteiger partial charge on any atom is 0.265 e. The van der Waals surface area contributed by atoms with Crippen LogP contribution in [-0.4, -0.2) is 31.1 Å². The lowest BCUT2D eigenvalue weighted by Gasteiger charge is -2.25. The van der Waals surface area contributed by atoms with Crippen LogP contribution in [0.15, 0.2) is 48.7 Å². The lowest BCUT2D eigenvalue weighted by molar-refractivity contribution is -0.128. The van der Waals surface area contributed by atoms with Crippen LogP contribution in [0.3, 0.4) is 0 Å². The first-order valence-electron chi connectivity index (χ1n) is 9.60. The van der Waals surface area contributed by atoms with Gasteiger partial charge in [0.2, 0.25) is 0 Å². The number of halogens is 3. The Labute approximate surface area is 183 Å². The second-order valence-electron chi connectivity index (χ2n) is 6.95. The zero-order valence-electron chi connectivity index (χ0n) is 16.6. The van der Waals surface area contributed by atoms with Crippen LogP contribution in [0.4, 0.5) is 8.78 Å². The summed E-state index contributed by atoms with van der Waals surface area (Å²) in [5, 5.41) is 5.25. The summed E-state index contributed by atoms with van der Waals surface area (Å²) in [6, 6.07) is 8.08. The number of hydrogen-bond acceptors (Lipinski definition) is 4. The van der Waals surface area contributed by atoms with Gasteiger partial charge in [0.05, 0.1) is 5.02 Å². The third kappa shape index (κ3) is 6.42. The van der Waals surface area contributed by atoms with Crippen LogP contribution < -0.4 is 20.1 Å². The number of carbonyl (C=O) groups is 2. The molecule has 0 bridgehead atoms. The number of amides is 2. The minimum Gasteiger partial charge on any atom is -0.484 e. The first-order valence-corrected chi connectivity index (χ1v) is 9.98. The molecule has 3 rings (SSSR count). The molecule has 31 heavy (non-hydrogen) atoms. The topological polar surface area (TPSA) is 76.7 Å². The lowest BCUT2D eigenvalue weighted by Crippen LogP contribution is -2.40. The molecule has 1 atom stereocenters. The van der Waals surface area contributed by atoms with Crippen LogP contribution in [0.5, 0.6) is 11.5 Å². The molecule has 0 spiro atoms. The molecule has 0 unspecified atom stereocenters. The molecular weight excluding hydrogens is 430 g/mol. The van der Waals surface area contributed by atoms with Crippen molar-refractivity contribution in [1.82, 2.24) is 10.6 Å². The summed E-state index contributed by atoms with van der Waals surface area (Å²) in [5.41, 5.74) is 1.15. The van der Waals surface area contributed by atoms with Crippen molar-refractivity contribution in [2.24, 2.45) is 0 Å². The fraction of sp³-hybridized carbons (Fsp3) is 0.273. The molecule has 2 aromatic carbocycles. The highest BCUT2D eigenvalue weighted by Crippen LogP contribution is 2.28. The van der Waals surface area contributed by atoms with Crippen LogP contribution in [0.2, 0.25) is 5.02 Å². The zero-order valence-corrected chi connectivity index (χ0v) is 17.3. The molecule has 0 aromatic heterocycles. The van der Waals surface area contributed by atoms with Crippen molar-refractivity contribution < 1.29 is 27.8 Å². The van der Waals surface area contributed by atoms with Gasteiger partial charge in [-0.05, 0) is 48.7 Å². The molecule has 2 aromatic rings. The number of fused-ring (bicyclic) bond motifs is 1. The quantitative estimate of drug-likeness (QED) is 0.645. The molecule has 6 nitrogen and oxygen atoms in total. The normalized spacial score (nSPS) is 14.7. The van der Waals surface area contributed by atoms with Crippen molar-refractivity contribution in [2.75, 3.05) is 13.2 Å². The number of ether oxygens (including phenoxy) is 2. The molecule has 164 valence electrons. The van der Waals surface area contributed by atoms with Crippen molar-refractivity contribution in [1.29, 1.82) is 0 Å². The van der Waals surface area contributed by atoms with Gasteiger partial charge < -0.3 is 20.1 Å². The van der Waals surface area contributed by atoms with Crippen LogP contribution in [0.25, 0.3) is 0 Å². The van der Waals surface area contributed by atoms with Crippen molar-refractivity contribution >= 4 is 23.4 Å². The smallest absolute Gasteiger partial charge is 0.265 e. The van der Waals surface area contributed by atoms with E-state index in [1.165, 1.54) is 30.3 Å². The molecule has 1 heterocycles. The van der Waals surface area contributed by atoms with Crippen LogP contribution in [0.1, 0.15) is 18.4 Å². The van der Waals surface area contributed by atoms with E-state index in [9.17, 15) is 18.4 Å². The highest BCUT2D eigenvalue weighted by molar-refractivity contribution is 6.30. The molecule has 0 fully saturated rings. The van der Waals surface area contributed by atoms with Gasteiger partial charge in [0.1, 0.15) is 23.1 Å². The van der Waals surface area contributed by atoms with E-state index in [-0.39, 0.29) is 35.6 Å². The summed E-state index contributed by atoms with van der Waals surface area (Å²) in [6.45, 7) is 3.71. The molecule has 0 radical (unpaired) electrons. The first kappa shape index (κ1) is 22.6. The minimum absolute atomic E-state index is 0.0332. The SMILES string of the molecule is C=C(CCNC(=O)COc1ccc(Cl)c(F)c1)NC(=O)[C@@H]1CCc2cc(F)ccc2O1. The molecular formula is C22H21ClF2N2O4. The second kappa shape index (κ2) is 10.3. The van der Waals surface area contributed by atoms with Gasteiger partial charge in [-0.2, -0.15) is 0 Å². The van der Waals surface area contributed by atoms with Crippen molar-refractivity contribution in [3.63, 3.8) is 0 Å². The fourth-order valence-corrected chi connectivity index (χ4v) is 3.10. The molecule has 1 aliphatic heterocycles. The maximum absolute atomic E-state index is 13.3. The van der Waals surface area contributed by atoms with Crippen LogP contribution >= 0.6 is 11.6 Å². The second-order valence-corrected chi connectivity index (χ2v) is 7.36. The van der Waals surface area contributed by atoms with Crippen LogP contribution in [-0.2, 0) is 16.0 Å². The average Bonchev–Trinajstić information content (AvgIpc) is 2.74. The Morgan fingerprint density at radius 2 is 2.03 bits per heavy atom. The predicted molar refractivity (Wildman–Crippen MR) is 111 cm³/mol. The molecule has 2 amide bonds. The van der Waals surface area contributed by atoms with Gasteiger partial charge in [-0.3, -0.25) is 9.59 Å². The average molecular weight is 451 g/mol. The Morgan fingerprint density at radius 1 is 1.23 bits per heavy atom. The van der Waals surface area contributed by atoms with Gasteiger partial charge >= 0.3 is 0 Å². The Bertz CT molecular complexity index is 999. The Hall–Kier alpha value is -3.13. The van der Waals surface area contributed by atoms with Gasteiger partial charge in [0.15, 0.2) is 12.7 Å². The van der Waals surface area contributed by atoms with E-state index in [0.717, 1.165) is 11.6 Å². The highest BCUT2D eigenvalue weighted by Gasteiger charge is 2.26. The van der Waals surface area contributed by atoms with Crippen molar-refractivity contribution in [3.05, 3.63) is 70.9 Å². The van der Waals surface area contributed by atoms with E-state index in [0.29, 0.717) is 30.7 Å². The van der Waals surface area contributed by atoms with Crippen molar-refractivity contribution in [2.45, 2.75) is 25.4 Å². The van der Waals surface area contributed by atoms with E-state index in [1.807, 2.05) is 0 Å². The number of carbonyl (C=O) groups excluding carboxylic acids is 2. The number of aryl methyl sites for hydroxylation is 1. The van der Waals surface area contributed by atoms with E-state index in [1.54, 1.807) is 0 Å². The van der Waals surface area contributed by atoms with Gasteiger partial charge in [-0.25, -0.2) is 8.78 Å². The fourth-order valence-electron chi connectivity index (χ4n) is 2.98. The van der Waals surface area contributed by atoms with Gasteiger partial charge in [-0.15, -0.1) is 0 Å². The first-order chi connectivity index (χ1) is 14.8. The highest BCUT2D eigenvalue weighted by atomic mass is 35.5. The lowest BCUT2D eigenvalue weighted by atomic mass is 10.0. The summed E-state index contributed by atoms with van der Waals surface area (Å²) in [6.07, 6.45) is 0.569. The van der Waals surface area contributed by atoms with E-state index in [2.05, 4.69) is 17.2 Å². The third-order valence-electron chi connectivity index (χ3n) is 4.57. The number of nitrogens with one attached hydrogen (secondary N) is 2. The molecule has 2 N–H and O–H groups in total. The monoisotopic (exact) mass is 450 g/mol. The summed E-state index contributed by atoms with van der Waals surface area (Å²) in [5.74, 6) is -1.05. The Morgan fingerprint density at radius 3 is 2.81 bits per heavy atom. The van der Waals surface area contributed by atoms with E-state index in [4.69, 9.17) is 21.1 Å². The zero-order chi connectivity index (χ0) is 22.4. The Balaban J connectivity index is 1.36. The summed E-state index contributed by atoms with van der Waals surface area (Å²) >= 11 is 5.59. The summed E-state index contributed by atoms with van der Waals surface area (Å²) in [7, 11) is 0. The number of benzene rings is 2. The summed E-state index contributed by atoms with van der Waals surface area (Å²) in [4.78, 5) is 24.2. The molecule has 0 saturated heterocycles. The summed E-state index contributed by atoms with van der Waals surface area (Å²) < 4.78 is 37.4. The molecule has 1 aliphatic rings. The van der Waals surface area contributed by atoms with Gasteiger partial charge in [-0.1, -0.05) is 18.2 Å². The predicted octanol–water partition coefficient (Wildman–Crippen LogP) is 3.53. The third-order valence-corrected chi connectivity index (χ3v) is 4.88. The minimum atomic E-state index is -0.697. The number of rotatable bonds is 8. The van der Waals surface area contributed by atoms with Crippen LogP contribution in [0, 0.1) is 11.6 Å². The number of hydrogen-bond donors (Lipinski definition) is 2. The standard InChI is InChI=1S/C22H21ClF2N2O4/c1-13(8-9-26-21(28)12-30-16-4-5-17(23)18(25)11-16)27-22(29)20-6-2-14-10-15(24)3-7-19(14)31-20/h3-5,7,10-11,20H,1-2,6,8-9,12H2,(H,26,28)(H,27,29)/t20-/m0/s1. The van der Waals surface area contributed by atoms with E-state index >= 15 is 0 Å². The molecule has 0 aliphatic carbocycles. The molecule has 9 heteroatoms.